The number of hydrogen-bond donors (Lipinski definition) is 2. The summed E-state index contributed by atoms with van der Waals surface area (Å²) in [5.41, 5.74) is 0. The van der Waals surface area contributed by atoms with Gasteiger partial charge in [0.2, 0.25) is 0 Å². The first-order valence-electron chi connectivity index (χ1n) is 4.68. The van der Waals surface area contributed by atoms with Gasteiger partial charge in [-0.05, 0) is 31.2 Å². The van der Waals surface area contributed by atoms with Crippen LogP contribution in [0.5, 0.6) is 5.75 Å². The van der Waals surface area contributed by atoms with Gasteiger partial charge in [-0.2, -0.15) is 0 Å². The maximum Gasteiger partial charge on any atom is 0.116 e. The van der Waals surface area contributed by atoms with Gasteiger partial charge in [0, 0.05) is 11.4 Å². The molecule has 0 saturated carbocycles. The molecule has 0 radical (unpaired) electrons. The highest BCUT2D eigenvalue weighted by Gasteiger charge is 2.22. The first kappa shape index (κ1) is 9.68. The fourth-order valence-corrected chi connectivity index (χ4v) is 3.05. The molecule has 2 N–H and O–H groups in total. The van der Waals surface area contributed by atoms with Gasteiger partial charge in [-0.1, -0.05) is 6.07 Å². The molecule has 0 aromatic heterocycles. The van der Waals surface area contributed by atoms with Gasteiger partial charge in [0.25, 0.3) is 0 Å². The lowest BCUT2D eigenvalue weighted by Gasteiger charge is -2.08. The Labute approximate surface area is 85.6 Å². The van der Waals surface area contributed by atoms with Gasteiger partial charge in [-0.25, -0.2) is 0 Å². The average molecular weight is 211 g/mol. The van der Waals surface area contributed by atoms with Crippen molar-refractivity contribution >= 4 is 10.8 Å². The first-order chi connectivity index (χ1) is 6.77. The van der Waals surface area contributed by atoms with Crippen LogP contribution in [0.25, 0.3) is 0 Å². The fourth-order valence-electron chi connectivity index (χ4n) is 1.61. The summed E-state index contributed by atoms with van der Waals surface area (Å²) in [4.78, 5) is 0.721. The van der Waals surface area contributed by atoms with E-state index in [-0.39, 0.29) is 11.0 Å². The van der Waals surface area contributed by atoms with Crippen molar-refractivity contribution in [1.29, 1.82) is 0 Å². The summed E-state index contributed by atoms with van der Waals surface area (Å²) in [6.07, 6.45) is 0.947. The van der Waals surface area contributed by atoms with E-state index in [2.05, 4.69) is 5.32 Å². The minimum atomic E-state index is -0.992. The lowest BCUT2D eigenvalue weighted by Crippen LogP contribution is -2.18. The molecule has 3 nitrogen and oxygen atoms in total. The number of hydrogen-bond acceptors (Lipinski definition) is 3. The van der Waals surface area contributed by atoms with E-state index >= 15 is 0 Å². The molecule has 1 heterocycles. The largest absolute Gasteiger partial charge is 0.508 e. The number of rotatable bonds is 2. The smallest absolute Gasteiger partial charge is 0.116 e. The lowest BCUT2D eigenvalue weighted by molar-refractivity contribution is 0.473. The average Bonchev–Trinajstić information content (AvgIpc) is 2.69. The molecule has 2 rings (SSSR count). The highest BCUT2D eigenvalue weighted by atomic mass is 32.2. The number of phenolic OH excluding ortho intramolecular Hbond substituents is 1. The molecule has 14 heavy (non-hydrogen) atoms. The van der Waals surface area contributed by atoms with Gasteiger partial charge in [-0.15, -0.1) is 0 Å². The molecule has 1 saturated heterocycles. The SMILES string of the molecule is O=S(c1cccc(O)c1)C1CCNC1. The van der Waals surface area contributed by atoms with E-state index in [0.29, 0.717) is 0 Å². The van der Waals surface area contributed by atoms with Crippen molar-refractivity contribution in [3.63, 3.8) is 0 Å². The second-order valence-electron chi connectivity index (χ2n) is 3.41. The van der Waals surface area contributed by atoms with Crippen LogP contribution in [0.1, 0.15) is 6.42 Å². The lowest BCUT2D eigenvalue weighted by atomic mass is 10.3. The van der Waals surface area contributed by atoms with Gasteiger partial charge in [0.15, 0.2) is 0 Å². The third kappa shape index (κ3) is 1.96. The van der Waals surface area contributed by atoms with Gasteiger partial charge >= 0.3 is 0 Å². The quantitative estimate of drug-likeness (QED) is 0.763. The highest BCUT2D eigenvalue weighted by molar-refractivity contribution is 7.85. The van der Waals surface area contributed by atoms with E-state index in [1.54, 1.807) is 24.3 Å². The molecule has 0 spiro atoms. The van der Waals surface area contributed by atoms with E-state index in [1.807, 2.05) is 0 Å². The molecule has 2 unspecified atom stereocenters. The van der Waals surface area contributed by atoms with Gasteiger partial charge in [0.05, 0.1) is 16.0 Å². The Hall–Kier alpha value is -0.870. The predicted molar refractivity (Wildman–Crippen MR) is 55.8 cm³/mol. The van der Waals surface area contributed by atoms with Crippen LogP contribution in [0.2, 0.25) is 0 Å². The standard InChI is InChI=1S/C10H13NO2S/c12-8-2-1-3-9(6-8)14(13)10-4-5-11-7-10/h1-3,6,10-12H,4-5,7H2. The predicted octanol–water partition coefficient (Wildman–Crippen LogP) is 0.862. The van der Waals surface area contributed by atoms with Gasteiger partial charge < -0.3 is 10.4 Å². The van der Waals surface area contributed by atoms with Crippen molar-refractivity contribution in [3.05, 3.63) is 24.3 Å². The Kier molecular flexibility index (Phi) is 2.84. The number of nitrogens with one attached hydrogen (secondary N) is 1. The third-order valence-electron chi connectivity index (χ3n) is 2.37. The van der Waals surface area contributed by atoms with Crippen molar-refractivity contribution in [2.45, 2.75) is 16.6 Å². The van der Waals surface area contributed by atoms with E-state index < -0.39 is 10.8 Å². The summed E-state index contributed by atoms with van der Waals surface area (Å²) >= 11 is 0. The first-order valence-corrected chi connectivity index (χ1v) is 5.89. The van der Waals surface area contributed by atoms with Crippen LogP contribution >= 0.6 is 0 Å². The van der Waals surface area contributed by atoms with E-state index in [1.165, 1.54) is 0 Å². The molecule has 1 aromatic carbocycles. The number of phenols is 1. The molecule has 1 aromatic rings. The van der Waals surface area contributed by atoms with Crippen LogP contribution in [0, 0.1) is 0 Å². The minimum absolute atomic E-state index is 0.182. The molecular formula is C10H13NO2S. The molecule has 0 bridgehead atoms. The van der Waals surface area contributed by atoms with E-state index in [4.69, 9.17) is 0 Å². The third-order valence-corrected chi connectivity index (χ3v) is 4.09. The minimum Gasteiger partial charge on any atom is -0.508 e. The Morgan fingerprint density at radius 2 is 2.36 bits per heavy atom. The Bertz CT molecular complexity index is 348. The molecule has 1 fully saturated rings. The normalized spacial score (nSPS) is 23.6. The summed E-state index contributed by atoms with van der Waals surface area (Å²) in [7, 11) is -0.992. The molecule has 0 aliphatic carbocycles. The zero-order chi connectivity index (χ0) is 9.97. The molecule has 1 aliphatic rings. The van der Waals surface area contributed by atoms with Crippen LogP contribution in [0.3, 0.4) is 0 Å². The second kappa shape index (κ2) is 4.11. The van der Waals surface area contributed by atoms with Crippen LogP contribution < -0.4 is 5.32 Å². The van der Waals surface area contributed by atoms with Crippen LogP contribution in [-0.2, 0) is 10.8 Å². The maximum absolute atomic E-state index is 12.0. The number of aromatic hydroxyl groups is 1. The Morgan fingerprint density at radius 3 is 3.00 bits per heavy atom. The van der Waals surface area contributed by atoms with Crippen molar-refractivity contribution in [3.8, 4) is 5.75 Å². The van der Waals surface area contributed by atoms with Crippen molar-refractivity contribution in [2.75, 3.05) is 13.1 Å². The van der Waals surface area contributed by atoms with Crippen LogP contribution in [0.4, 0.5) is 0 Å². The molecular weight excluding hydrogens is 198 g/mol. The molecule has 4 heteroatoms. The molecule has 76 valence electrons. The molecule has 1 aliphatic heterocycles. The zero-order valence-corrected chi connectivity index (χ0v) is 8.59. The molecule has 2 atom stereocenters. The van der Waals surface area contributed by atoms with Crippen molar-refractivity contribution < 1.29 is 9.32 Å². The monoisotopic (exact) mass is 211 g/mol. The summed E-state index contributed by atoms with van der Waals surface area (Å²) in [5, 5.41) is 12.6. The summed E-state index contributed by atoms with van der Waals surface area (Å²) in [5.74, 6) is 0.182. The van der Waals surface area contributed by atoms with Crippen LogP contribution in [-0.4, -0.2) is 27.7 Å². The van der Waals surface area contributed by atoms with Gasteiger partial charge in [-0.3, -0.25) is 4.21 Å². The van der Waals surface area contributed by atoms with Crippen molar-refractivity contribution in [1.82, 2.24) is 5.32 Å². The van der Waals surface area contributed by atoms with E-state index in [0.717, 1.165) is 24.4 Å². The maximum atomic E-state index is 12.0. The van der Waals surface area contributed by atoms with Gasteiger partial charge in [0.1, 0.15) is 5.75 Å². The number of benzene rings is 1. The second-order valence-corrected chi connectivity index (χ2v) is 5.14. The van der Waals surface area contributed by atoms with E-state index in [9.17, 15) is 9.32 Å². The topological polar surface area (TPSA) is 49.3 Å². The fraction of sp³-hybridized carbons (Fsp3) is 0.400. The highest BCUT2D eigenvalue weighted by Crippen LogP contribution is 2.19. The Morgan fingerprint density at radius 1 is 1.50 bits per heavy atom. The van der Waals surface area contributed by atoms with Crippen LogP contribution in [0.15, 0.2) is 29.2 Å². The molecule has 0 amide bonds. The summed E-state index contributed by atoms with van der Waals surface area (Å²) < 4.78 is 12.0. The van der Waals surface area contributed by atoms with Crippen molar-refractivity contribution in [2.24, 2.45) is 0 Å². The Balaban J connectivity index is 2.17. The summed E-state index contributed by atoms with van der Waals surface area (Å²) in [6, 6.07) is 6.70. The summed E-state index contributed by atoms with van der Waals surface area (Å²) in [6.45, 7) is 1.75. The zero-order valence-electron chi connectivity index (χ0n) is 7.77.